The van der Waals surface area contributed by atoms with Gasteiger partial charge in [0.2, 0.25) is 0 Å². The molecule has 4 heavy (non-hydrogen) atoms. The summed E-state index contributed by atoms with van der Waals surface area (Å²) >= 11 is 0. The molecule has 0 fully saturated rings. The summed E-state index contributed by atoms with van der Waals surface area (Å²) in [5.41, 5.74) is 0. The second-order valence-electron chi connectivity index (χ2n) is 0. The first-order valence-corrected chi connectivity index (χ1v) is 0. The summed E-state index contributed by atoms with van der Waals surface area (Å²) in [7, 11) is 0. The van der Waals surface area contributed by atoms with Crippen molar-refractivity contribution in [1.82, 2.24) is 0 Å². The molecule has 4 heteroatoms. The Bertz CT molecular complexity index is 6.00. The minimum atomic E-state index is 0. The predicted molar refractivity (Wildman–Crippen MR) is 1.37 cm³/mol. The minimum Gasteiger partial charge on any atom is -2.00 e. The molecule has 0 aliphatic heterocycles. The van der Waals surface area contributed by atoms with Crippen LogP contribution in [0.2, 0.25) is 0 Å². The van der Waals surface area contributed by atoms with Gasteiger partial charge in [-0.2, -0.15) is 0 Å². The maximum Gasteiger partial charge on any atom is 0 e. The fourth-order valence-electron chi connectivity index (χ4n) is 0. The van der Waals surface area contributed by atoms with Gasteiger partial charge in [-0.05, 0) is 0 Å². The first-order valence-electron chi connectivity index (χ1n) is 0. The van der Waals surface area contributed by atoms with Crippen LogP contribution in [0.25, 0.3) is 0 Å². The van der Waals surface area contributed by atoms with Crippen molar-refractivity contribution in [2.75, 3.05) is 0 Å². The zero-order valence-corrected chi connectivity index (χ0v) is 5.42. The van der Waals surface area contributed by atoms with E-state index in [4.69, 9.17) is 0 Å². The summed E-state index contributed by atoms with van der Waals surface area (Å²) in [6.45, 7) is 0. The molecule has 0 heterocycles. The Kier molecular flexibility index (Phi) is 450. The average molecular weight is 331 g/mol. The van der Waals surface area contributed by atoms with Gasteiger partial charge >= 0.3 is 0 Å². The Morgan fingerprint density at radius 2 is 0.750 bits per heavy atom. The molecule has 0 spiro atoms. The van der Waals surface area contributed by atoms with E-state index in [1.54, 1.807) is 0 Å². The molecule has 0 amide bonds. The summed E-state index contributed by atoms with van der Waals surface area (Å²) < 4.78 is 0. The molecule has 0 atom stereocenters. The quantitative estimate of drug-likeness (QED) is 0.551. The number of hydrogen-bond donors (Lipinski definition) is 0. The summed E-state index contributed by atoms with van der Waals surface area (Å²) in [5.74, 6) is 0. The molecular weight excluding hydrogens is 331 g/mol. The summed E-state index contributed by atoms with van der Waals surface area (Å²) in [6.07, 6.45) is 0. The molecule has 0 aliphatic rings. The zero-order valence-electron chi connectivity index (χ0n) is 1.47. The van der Waals surface area contributed by atoms with Crippen LogP contribution < -0.4 is 0 Å². The van der Waals surface area contributed by atoms with Gasteiger partial charge < -0.3 is 11.0 Å². The largest absolute Gasteiger partial charge is 2.00 e. The molecule has 35 valence electrons. The Morgan fingerprint density at radius 1 is 0.750 bits per heavy atom. The maximum atomic E-state index is 0. The zero-order chi connectivity index (χ0) is 0. The van der Waals surface area contributed by atoms with Gasteiger partial charge in [-0.1, -0.05) is 0 Å². The van der Waals surface area contributed by atoms with Crippen molar-refractivity contribution >= 4 is 0 Å². The van der Waals surface area contributed by atoms with E-state index in [0.717, 1.165) is 0 Å². The molecule has 0 saturated heterocycles. The van der Waals surface area contributed by atoms with E-state index in [0.29, 0.717) is 0 Å². The van der Waals surface area contributed by atoms with Crippen LogP contribution in [-0.4, -0.2) is 0 Å². The summed E-state index contributed by atoms with van der Waals surface area (Å²) in [5, 5.41) is 0. The molecule has 0 N–H and O–H groups in total. The predicted octanol–water partition coefficient (Wildman–Crippen LogP) is -0.243. The SMILES string of the molecule is [Ir].[O-2].[O-2].[Pd]. The van der Waals surface area contributed by atoms with Gasteiger partial charge in [-0.25, -0.2) is 0 Å². The van der Waals surface area contributed by atoms with E-state index in [1.807, 2.05) is 0 Å². The molecule has 0 unspecified atom stereocenters. The van der Waals surface area contributed by atoms with E-state index in [1.165, 1.54) is 0 Å². The molecule has 1 radical (unpaired) electrons. The topological polar surface area (TPSA) is 57.0 Å². The van der Waals surface area contributed by atoms with Gasteiger partial charge in [0.15, 0.2) is 0 Å². The first kappa shape index (κ1) is 61.8. The van der Waals surface area contributed by atoms with Crippen LogP contribution in [0.15, 0.2) is 0 Å². The van der Waals surface area contributed by atoms with Crippen LogP contribution in [0.3, 0.4) is 0 Å². The minimum absolute atomic E-state index is 0. The number of hydrogen-bond acceptors (Lipinski definition) is 0. The van der Waals surface area contributed by atoms with Crippen molar-refractivity contribution in [2.45, 2.75) is 0 Å². The Hall–Kier alpha value is 1.23. The Labute approximate surface area is 51.6 Å². The van der Waals surface area contributed by atoms with Crippen molar-refractivity contribution in [3.63, 3.8) is 0 Å². The fourth-order valence-corrected chi connectivity index (χ4v) is 0. The molecule has 0 aromatic rings. The molecule has 0 saturated carbocycles. The molecule has 2 nitrogen and oxygen atoms in total. The monoisotopic (exact) mass is 331 g/mol. The maximum absolute atomic E-state index is 0. The third-order valence-electron chi connectivity index (χ3n) is 0. The number of rotatable bonds is 0. The van der Waals surface area contributed by atoms with Crippen molar-refractivity contribution in [3.05, 3.63) is 0 Å². The summed E-state index contributed by atoms with van der Waals surface area (Å²) in [4.78, 5) is 0. The van der Waals surface area contributed by atoms with Crippen molar-refractivity contribution in [1.29, 1.82) is 0 Å². The van der Waals surface area contributed by atoms with Gasteiger partial charge in [-0.3, -0.25) is 0 Å². The molecule has 0 bridgehead atoms. The molecular formula is IrO2Pd-4. The standard InChI is InChI=1S/Ir.2O.Pd/q;2*-2;. The van der Waals surface area contributed by atoms with Crippen molar-refractivity contribution in [2.24, 2.45) is 0 Å². The van der Waals surface area contributed by atoms with Crippen LogP contribution in [0.4, 0.5) is 0 Å². The van der Waals surface area contributed by atoms with Crippen LogP contribution in [-0.2, 0) is 51.5 Å². The van der Waals surface area contributed by atoms with Gasteiger partial charge in [0, 0.05) is 40.5 Å². The van der Waals surface area contributed by atoms with Gasteiger partial charge in [-0.15, -0.1) is 0 Å². The third-order valence-corrected chi connectivity index (χ3v) is 0. The van der Waals surface area contributed by atoms with Crippen LogP contribution in [0.1, 0.15) is 0 Å². The normalized spacial score (nSPS) is 0. The Morgan fingerprint density at radius 3 is 0.750 bits per heavy atom. The molecule has 0 aliphatic carbocycles. The van der Waals surface area contributed by atoms with Gasteiger partial charge in [0.1, 0.15) is 0 Å². The summed E-state index contributed by atoms with van der Waals surface area (Å²) in [6, 6.07) is 0. The fraction of sp³-hybridized carbons (Fsp3) is 0. The van der Waals surface area contributed by atoms with E-state index in [2.05, 4.69) is 0 Å². The van der Waals surface area contributed by atoms with E-state index < -0.39 is 0 Å². The first-order chi connectivity index (χ1) is 0. The van der Waals surface area contributed by atoms with E-state index >= 15 is 0 Å². The van der Waals surface area contributed by atoms with Crippen LogP contribution >= 0.6 is 0 Å². The van der Waals surface area contributed by atoms with Crippen molar-refractivity contribution < 1.29 is 51.5 Å². The van der Waals surface area contributed by atoms with Gasteiger partial charge in [0.05, 0.1) is 0 Å². The Balaban J connectivity index is 0. The molecule has 0 aromatic carbocycles. The molecule has 0 rings (SSSR count). The van der Waals surface area contributed by atoms with Crippen molar-refractivity contribution in [3.8, 4) is 0 Å². The van der Waals surface area contributed by atoms with E-state index in [9.17, 15) is 0 Å². The van der Waals surface area contributed by atoms with Crippen LogP contribution in [0, 0.1) is 0 Å². The van der Waals surface area contributed by atoms with Crippen LogP contribution in [0.5, 0.6) is 0 Å². The second kappa shape index (κ2) is 29.1. The third kappa shape index (κ3) is 10.6. The second-order valence-corrected chi connectivity index (χ2v) is 0. The van der Waals surface area contributed by atoms with E-state index in [-0.39, 0.29) is 51.5 Å². The van der Waals surface area contributed by atoms with Gasteiger partial charge in [0.25, 0.3) is 0 Å². The average Bonchev–Trinajstić information content (AvgIpc) is 0. The smallest absolute Gasteiger partial charge is 0 e. The molecule has 0 aromatic heterocycles.